The van der Waals surface area contributed by atoms with Crippen molar-refractivity contribution in [2.45, 2.75) is 33.3 Å². The number of benzene rings is 1. The van der Waals surface area contributed by atoms with Crippen LogP contribution in [-0.4, -0.2) is 44.4 Å². The second-order valence-electron chi connectivity index (χ2n) is 7.12. The maximum absolute atomic E-state index is 11.6. The Kier molecular flexibility index (Phi) is 8.15. The lowest BCUT2D eigenvalue weighted by atomic mass is 10.0. The van der Waals surface area contributed by atoms with Crippen LogP contribution in [-0.2, 0) is 14.3 Å². The molecule has 0 radical (unpaired) electrons. The molecule has 0 amide bonds. The number of anilines is 1. The number of nitrogens with zero attached hydrogens (tertiary/aromatic N) is 2. The van der Waals surface area contributed by atoms with E-state index >= 15 is 0 Å². The summed E-state index contributed by atoms with van der Waals surface area (Å²) in [6.45, 7) is 7.20. The van der Waals surface area contributed by atoms with Crippen molar-refractivity contribution in [1.29, 1.82) is 0 Å². The average molecular weight is 475 g/mol. The smallest absolute Gasteiger partial charge is 0.190 e. The summed E-state index contributed by atoms with van der Waals surface area (Å²) in [5.41, 5.74) is 2.84. The van der Waals surface area contributed by atoms with Gasteiger partial charge in [0.25, 0.3) is 0 Å². The monoisotopic (exact) mass is 474 g/mol. The van der Waals surface area contributed by atoms with Gasteiger partial charge in [-0.25, -0.2) is 9.78 Å². The second kappa shape index (κ2) is 10.8. The van der Waals surface area contributed by atoms with E-state index in [-0.39, 0.29) is 0 Å². The molecule has 3 rings (SSSR count). The van der Waals surface area contributed by atoms with E-state index in [1.807, 2.05) is 38.0 Å². The Balaban J connectivity index is 2.08. The predicted octanol–water partition coefficient (Wildman–Crippen LogP) is 5.59. The Morgan fingerprint density at radius 3 is 2.62 bits per heavy atom. The Hall–Kier alpha value is -2.57. The molecule has 1 heterocycles. The highest BCUT2D eigenvalue weighted by atomic mass is 35.5. The zero-order valence-corrected chi connectivity index (χ0v) is 20.5. The second-order valence-corrected chi connectivity index (χ2v) is 8.71. The van der Waals surface area contributed by atoms with Gasteiger partial charge in [-0.1, -0.05) is 18.5 Å². The molecule has 1 aliphatic rings. The fraction of sp³-hybridized carbons (Fsp3) is 0.375. The summed E-state index contributed by atoms with van der Waals surface area (Å²) in [4.78, 5) is 19.7. The number of hydrogen-bond donors (Lipinski definition) is 0. The third kappa shape index (κ3) is 4.92. The molecule has 2 aromatic rings. The standard InChI is InChI=1S/C24H27ClN2O4S/c1-6-10-27(21-13-18(31-7-2)11-16(14-28)23(21)30-5)24-26-22(15(3)32-24)19-9-8-17(29-4)12-20(19)25/h8-9,11-13,23H,6-7,10H2,1-5H3. The number of carbonyl (C=O) groups excluding carboxylic acids is 1. The zero-order valence-electron chi connectivity index (χ0n) is 18.9. The van der Waals surface area contributed by atoms with Gasteiger partial charge in [-0.05, 0) is 44.5 Å². The lowest BCUT2D eigenvalue weighted by Crippen LogP contribution is -2.34. The van der Waals surface area contributed by atoms with Crippen molar-refractivity contribution in [3.05, 3.63) is 57.3 Å². The first-order chi connectivity index (χ1) is 15.5. The number of ether oxygens (including phenoxy) is 3. The van der Waals surface area contributed by atoms with Crippen LogP contribution in [0, 0.1) is 6.92 Å². The van der Waals surface area contributed by atoms with E-state index in [2.05, 4.69) is 11.8 Å². The SMILES string of the molecule is CCCN(C1=CC(OCC)=CC(=C=O)C1OC)c1nc(-c2ccc(OC)cc2Cl)c(C)s1. The lowest BCUT2D eigenvalue weighted by molar-refractivity contribution is 0.155. The minimum atomic E-state index is -0.555. The van der Waals surface area contributed by atoms with Crippen molar-refractivity contribution in [2.75, 3.05) is 32.3 Å². The van der Waals surface area contributed by atoms with Crippen molar-refractivity contribution >= 4 is 34.0 Å². The van der Waals surface area contributed by atoms with Gasteiger partial charge in [0.05, 0.1) is 35.7 Å². The predicted molar refractivity (Wildman–Crippen MR) is 129 cm³/mol. The van der Waals surface area contributed by atoms with E-state index < -0.39 is 6.10 Å². The molecular weight excluding hydrogens is 448 g/mol. The molecule has 1 aromatic heterocycles. The number of thiazole rings is 1. The largest absolute Gasteiger partial charge is 0.497 e. The molecule has 0 saturated heterocycles. The fourth-order valence-corrected chi connectivity index (χ4v) is 4.80. The third-order valence-corrected chi connectivity index (χ3v) is 6.32. The fourth-order valence-electron chi connectivity index (χ4n) is 3.57. The molecule has 32 heavy (non-hydrogen) atoms. The molecule has 0 saturated carbocycles. The van der Waals surface area contributed by atoms with Crippen molar-refractivity contribution in [3.63, 3.8) is 0 Å². The lowest BCUT2D eigenvalue weighted by Gasteiger charge is -2.32. The minimum Gasteiger partial charge on any atom is -0.497 e. The highest BCUT2D eigenvalue weighted by molar-refractivity contribution is 7.16. The first-order valence-corrected chi connectivity index (χ1v) is 11.6. The van der Waals surface area contributed by atoms with Crippen LogP contribution in [0.3, 0.4) is 0 Å². The van der Waals surface area contributed by atoms with Crippen LogP contribution in [0.1, 0.15) is 25.1 Å². The molecule has 1 aromatic carbocycles. The summed E-state index contributed by atoms with van der Waals surface area (Å²) in [6, 6.07) is 5.57. The van der Waals surface area contributed by atoms with E-state index in [1.54, 1.807) is 37.7 Å². The molecule has 0 bridgehead atoms. The van der Waals surface area contributed by atoms with Crippen molar-refractivity contribution in [2.24, 2.45) is 0 Å². The molecular formula is C24H27ClN2O4S. The van der Waals surface area contributed by atoms with Gasteiger partial charge in [-0.2, -0.15) is 0 Å². The summed E-state index contributed by atoms with van der Waals surface area (Å²) >= 11 is 8.09. The van der Waals surface area contributed by atoms with Gasteiger partial charge in [0.15, 0.2) is 5.13 Å². The van der Waals surface area contributed by atoms with Crippen molar-refractivity contribution < 1.29 is 19.0 Å². The Bertz CT molecular complexity index is 1090. The molecule has 1 aliphatic carbocycles. The highest BCUT2D eigenvalue weighted by Gasteiger charge is 2.30. The first kappa shape index (κ1) is 24.1. The summed E-state index contributed by atoms with van der Waals surface area (Å²) in [5.74, 6) is 3.30. The van der Waals surface area contributed by atoms with Gasteiger partial charge < -0.3 is 19.1 Å². The molecule has 0 spiro atoms. The van der Waals surface area contributed by atoms with Gasteiger partial charge in [0.2, 0.25) is 0 Å². The van der Waals surface area contributed by atoms with Crippen molar-refractivity contribution in [1.82, 2.24) is 4.98 Å². The van der Waals surface area contributed by atoms with Crippen molar-refractivity contribution in [3.8, 4) is 17.0 Å². The van der Waals surface area contributed by atoms with Crippen LogP contribution in [0.2, 0.25) is 5.02 Å². The van der Waals surface area contributed by atoms with Gasteiger partial charge in [-0.15, -0.1) is 11.3 Å². The summed E-state index contributed by atoms with van der Waals surface area (Å²) in [7, 11) is 3.19. The maximum atomic E-state index is 11.6. The van der Waals surface area contributed by atoms with E-state index in [9.17, 15) is 4.79 Å². The van der Waals surface area contributed by atoms with Crippen LogP contribution < -0.4 is 9.64 Å². The molecule has 6 nitrogen and oxygen atoms in total. The Labute approximate surface area is 197 Å². The van der Waals surface area contributed by atoms with E-state index in [1.165, 1.54) is 0 Å². The topological polar surface area (TPSA) is 60.9 Å². The zero-order chi connectivity index (χ0) is 23.3. The molecule has 1 atom stereocenters. The Morgan fingerprint density at radius 2 is 2.03 bits per heavy atom. The van der Waals surface area contributed by atoms with Crippen LogP contribution in [0.4, 0.5) is 5.13 Å². The molecule has 0 N–H and O–H groups in total. The molecule has 1 unspecified atom stereocenters. The number of rotatable bonds is 9. The minimum absolute atomic E-state index is 0.390. The average Bonchev–Trinajstić information content (AvgIpc) is 3.17. The van der Waals surface area contributed by atoms with E-state index in [0.717, 1.165) is 33.4 Å². The van der Waals surface area contributed by atoms with Crippen LogP contribution >= 0.6 is 22.9 Å². The van der Waals surface area contributed by atoms with Gasteiger partial charge in [-0.3, -0.25) is 0 Å². The molecule has 0 fully saturated rings. The Morgan fingerprint density at radius 1 is 1.25 bits per heavy atom. The quantitative estimate of drug-likeness (QED) is 0.441. The molecule has 8 heteroatoms. The van der Waals surface area contributed by atoms with Gasteiger partial charge in [0, 0.05) is 30.2 Å². The van der Waals surface area contributed by atoms with Crippen LogP contribution in [0.15, 0.2) is 47.4 Å². The number of halogens is 1. The van der Waals surface area contributed by atoms with E-state index in [0.29, 0.717) is 35.3 Å². The normalized spacial score (nSPS) is 15.7. The van der Waals surface area contributed by atoms with Crippen LogP contribution in [0.5, 0.6) is 5.75 Å². The highest BCUT2D eigenvalue weighted by Crippen LogP contribution is 2.40. The number of aryl methyl sites for hydroxylation is 1. The van der Waals surface area contributed by atoms with E-state index in [4.69, 9.17) is 30.8 Å². The summed E-state index contributed by atoms with van der Waals surface area (Å²) < 4.78 is 16.6. The number of aromatic nitrogens is 1. The third-order valence-electron chi connectivity index (χ3n) is 5.01. The molecule has 170 valence electrons. The number of methoxy groups -OCH3 is 2. The molecule has 0 aliphatic heterocycles. The number of allylic oxidation sites excluding steroid dienone is 1. The van der Waals surface area contributed by atoms with Gasteiger partial charge in [0.1, 0.15) is 23.6 Å². The maximum Gasteiger partial charge on any atom is 0.190 e. The van der Waals surface area contributed by atoms with Gasteiger partial charge >= 0.3 is 0 Å². The summed E-state index contributed by atoms with van der Waals surface area (Å²) in [5, 5.41) is 1.37. The number of hydrogen-bond acceptors (Lipinski definition) is 7. The first-order valence-electron chi connectivity index (χ1n) is 10.4. The van der Waals surface area contributed by atoms with Crippen LogP contribution in [0.25, 0.3) is 11.3 Å². The summed E-state index contributed by atoms with van der Waals surface area (Å²) in [6.07, 6.45) is 3.90.